The van der Waals surface area contributed by atoms with Gasteiger partial charge in [-0.05, 0) is 36.6 Å². The molecule has 28 heavy (non-hydrogen) atoms. The summed E-state index contributed by atoms with van der Waals surface area (Å²) in [7, 11) is -2.30. The standard InChI is InChI=1S/C18H20F3N3O3S/c1-23-15(12-17(22-23)18(19,20)21)16(25)11-13-5-7-14(8-6-13)28(26,27)24-9-3-2-4-10-24/h5-8,12H,2-4,9-11H2,1H3. The van der Waals surface area contributed by atoms with Crippen molar-refractivity contribution < 1.29 is 26.4 Å². The third kappa shape index (κ3) is 4.27. The van der Waals surface area contributed by atoms with Crippen LogP contribution in [0.15, 0.2) is 35.2 Å². The van der Waals surface area contributed by atoms with Crippen LogP contribution < -0.4 is 0 Å². The summed E-state index contributed by atoms with van der Waals surface area (Å²) in [5.41, 5.74) is -0.768. The van der Waals surface area contributed by atoms with Crippen LogP contribution in [0.4, 0.5) is 13.2 Å². The number of hydrogen-bond donors (Lipinski definition) is 0. The number of piperidine rings is 1. The van der Waals surface area contributed by atoms with Gasteiger partial charge in [0.1, 0.15) is 5.69 Å². The highest BCUT2D eigenvalue weighted by Gasteiger charge is 2.35. The number of halogens is 3. The van der Waals surface area contributed by atoms with Crippen LogP contribution in [-0.4, -0.2) is 41.4 Å². The van der Waals surface area contributed by atoms with Gasteiger partial charge in [-0.15, -0.1) is 0 Å². The summed E-state index contributed by atoms with van der Waals surface area (Å²) in [5, 5.41) is 3.33. The van der Waals surface area contributed by atoms with Gasteiger partial charge in [0.2, 0.25) is 10.0 Å². The SMILES string of the molecule is Cn1nc(C(F)(F)F)cc1C(=O)Cc1ccc(S(=O)(=O)N2CCCCC2)cc1. The lowest BCUT2D eigenvalue weighted by Crippen LogP contribution is -2.35. The molecule has 10 heteroatoms. The summed E-state index contributed by atoms with van der Waals surface area (Å²) < 4.78 is 65.8. The number of carbonyl (C=O) groups is 1. The largest absolute Gasteiger partial charge is 0.435 e. The summed E-state index contributed by atoms with van der Waals surface area (Å²) in [6, 6.07) is 6.59. The van der Waals surface area contributed by atoms with Crippen LogP contribution in [0.2, 0.25) is 0 Å². The van der Waals surface area contributed by atoms with Crippen molar-refractivity contribution in [3.63, 3.8) is 0 Å². The number of rotatable bonds is 5. The van der Waals surface area contributed by atoms with Crippen LogP contribution in [0.1, 0.15) is 41.0 Å². The molecule has 0 saturated carbocycles. The third-order valence-electron chi connectivity index (χ3n) is 4.70. The molecule has 0 radical (unpaired) electrons. The highest BCUT2D eigenvalue weighted by atomic mass is 32.2. The molecule has 152 valence electrons. The Morgan fingerprint density at radius 2 is 1.71 bits per heavy atom. The number of Topliss-reactive ketones (excluding diaryl/α,β-unsaturated/α-hetero) is 1. The second-order valence-corrected chi connectivity index (χ2v) is 8.68. The highest BCUT2D eigenvalue weighted by Crippen LogP contribution is 2.28. The molecule has 0 atom stereocenters. The molecule has 6 nitrogen and oxygen atoms in total. The molecule has 3 rings (SSSR count). The molecule has 2 aromatic rings. The van der Waals surface area contributed by atoms with E-state index in [1.807, 2.05) is 0 Å². The Kier molecular flexibility index (Phi) is 5.62. The fraction of sp³-hybridized carbons (Fsp3) is 0.444. The first-order valence-corrected chi connectivity index (χ1v) is 10.3. The molecule has 1 fully saturated rings. The Morgan fingerprint density at radius 3 is 2.25 bits per heavy atom. The molecule has 0 unspecified atom stereocenters. The van der Waals surface area contributed by atoms with Crippen molar-refractivity contribution in [1.82, 2.24) is 14.1 Å². The topological polar surface area (TPSA) is 72.3 Å². The van der Waals surface area contributed by atoms with Gasteiger partial charge in [-0.3, -0.25) is 9.48 Å². The maximum atomic E-state index is 12.7. The quantitative estimate of drug-likeness (QED) is 0.704. The summed E-state index contributed by atoms with van der Waals surface area (Å²) in [6.45, 7) is 0.981. The van der Waals surface area contributed by atoms with Gasteiger partial charge in [0.25, 0.3) is 0 Å². The van der Waals surface area contributed by atoms with E-state index in [0.29, 0.717) is 18.7 Å². The number of sulfonamides is 1. The van der Waals surface area contributed by atoms with E-state index in [1.165, 1.54) is 35.6 Å². The average Bonchev–Trinajstić information content (AvgIpc) is 3.05. The van der Waals surface area contributed by atoms with Crippen molar-refractivity contribution in [2.24, 2.45) is 7.05 Å². The summed E-state index contributed by atoms with van der Waals surface area (Å²) in [5.74, 6) is -0.530. The Labute approximate surface area is 161 Å². The molecule has 1 aliphatic heterocycles. The lowest BCUT2D eigenvalue weighted by atomic mass is 10.1. The van der Waals surface area contributed by atoms with E-state index in [9.17, 15) is 26.4 Å². The van der Waals surface area contributed by atoms with Crippen LogP contribution in [0.5, 0.6) is 0 Å². The number of nitrogens with zero attached hydrogens (tertiary/aromatic N) is 3. The molecule has 0 bridgehead atoms. The minimum Gasteiger partial charge on any atom is -0.292 e. The molecule has 0 N–H and O–H groups in total. The van der Waals surface area contributed by atoms with E-state index in [1.54, 1.807) is 0 Å². The number of aromatic nitrogens is 2. The molecule has 1 aliphatic rings. The van der Waals surface area contributed by atoms with E-state index >= 15 is 0 Å². The van der Waals surface area contributed by atoms with Gasteiger partial charge in [0.15, 0.2) is 11.5 Å². The fourth-order valence-electron chi connectivity index (χ4n) is 3.18. The summed E-state index contributed by atoms with van der Waals surface area (Å²) in [4.78, 5) is 12.5. The van der Waals surface area contributed by atoms with E-state index in [-0.39, 0.29) is 17.0 Å². The van der Waals surface area contributed by atoms with E-state index in [2.05, 4.69) is 5.10 Å². The van der Waals surface area contributed by atoms with Crippen molar-refractivity contribution in [2.75, 3.05) is 13.1 Å². The van der Waals surface area contributed by atoms with Crippen LogP contribution >= 0.6 is 0 Å². The Hall–Kier alpha value is -2.20. The molecule has 2 heterocycles. The summed E-state index contributed by atoms with van der Waals surface area (Å²) >= 11 is 0. The number of carbonyl (C=O) groups excluding carboxylic acids is 1. The van der Waals surface area contributed by atoms with Crippen molar-refractivity contribution in [1.29, 1.82) is 0 Å². The lowest BCUT2D eigenvalue weighted by molar-refractivity contribution is -0.141. The van der Waals surface area contributed by atoms with Gasteiger partial charge in [0.05, 0.1) is 4.90 Å². The number of aryl methyl sites for hydroxylation is 1. The molecule has 1 aromatic heterocycles. The summed E-state index contributed by atoms with van der Waals surface area (Å²) in [6.07, 6.45) is -2.11. The van der Waals surface area contributed by atoms with Crippen LogP contribution in [-0.2, 0) is 29.7 Å². The second kappa shape index (κ2) is 7.67. The zero-order chi connectivity index (χ0) is 20.5. The van der Waals surface area contributed by atoms with Crippen molar-refractivity contribution in [3.05, 3.63) is 47.3 Å². The third-order valence-corrected chi connectivity index (χ3v) is 6.61. The van der Waals surface area contributed by atoms with Gasteiger partial charge >= 0.3 is 6.18 Å². The zero-order valence-electron chi connectivity index (χ0n) is 15.2. The maximum Gasteiger partial charge on any atom is 0.435 e. The molecular weight excluding hydrogens is 395 g/mol. The number of alkyl halides is 3. The maximum absolute atomic E-state index is 12.7. The first-order chi connectivity index (χ1) is 13.1. The average molecular weight is 415 g/mol. The molecule has 1 saturated heterocycles. The molecule has 0 amide bonds. The minimum atomic E-state index is -4.62. The Morgan fingerprint density at radius 1 is 1.11 bits per heavy atom. The van der Waals surface area contributed by atoms with Crippen molar-refractivity contribution in [3.8, 4) is 0 Å². The Bertz CT molecular complexity index is 960. The first-order valence-electron chi connectivity index (χ1n) is 8.82. The lowest BCUT2D eigenvalue weighted by Gasteiger charge is -2.25. The van der Waals surface area contributed by atoms with Gasteiger partial charge in [-0.25, -0.2) is 8.42 Å². The first kappa shape index (κ1) is 20.5. The van der Waals surface area contributed by atoms with E-state index in [4.69, 9.17) is 0 Å². The van der Waals surface area contributed by atoms with Gasteiger partial charge in [0, 0.05) is 26.6 Å². The van der Waals surface area contributed by atoms with Gasteiger partial charge < -0.3 is 0 Å². The number of hydrogen-bond acceptors (Lipinski definition) is 4. The molecule has 0 aliphatic carbocycles. The van der Waals surface area contributed by atoms with E-state index < -0.39 is 27.7 Å². The minimum absolute atomic E-state index is 0.144. The molecular formula is C18H20F3N3O3S. The Balaban J connectivity index is 1.74. The smallest absolute Gasteiger partial charge is 0.292 e. The second-order valence-electron chi connectivity index (χ2n) is 6.74. The monoisotopic (exact) mass is 415 g/mol. The van der Waals surface area contributed by atoms with Crippen LogP contribution in [0, 0.1) is 0 Å². The predicted octanol–water partition coefficient (Wildman–Crippen LogP) is 3.04. The van der Waals surface area contributed by atoms with Gasteiger partial charge in [-0.2, -0.15) is 22.6 Å². The number of ketones is 1. The van der Waals surface area contributed by atoms with Crippen LogP contribution in [0.25, 0.3) is 0 Å². The number of benzene rings is 1. The molecule has 1 aromatic carbocycles. The molecule has 0 spiro atoms. The van der Waals surface area contributed by atoms with Crippen molar-refractivity contribution >= 4 is 15.8 Å². The van der Waals surface area contributed by atoms with Gasteiger partial charge in [-0.1, -0.05) is 18.6 Å². The highest BCUT2D eigenvalue weighted by molar-refractivity contribution is 7.89. The normalized spacial score (nSPS) is 16.3. The van der Waals surface area contributed by atoms with Crippen LogP contribution in [0.3, 0.4) is 0 Å². The van der Waals surface area contributed by atoms with E-state index in [0.717, 1.165) is 30.0 Å². The zero-order valence-corrected chi connectivity index (χ0v) is 16.1. The predicted molar refractivity (Wildman–Crippen MR) is 95.3 cm³/mol. The van der Waals surface area contributed by atoms with Crippen molar-refractivity contribution in [2.45, 2.75) is 36.8 Å². The fourth-order valence-corrected chi connectivity index (χ4v) is 4.69.